The normalized spacial score (nSPS) is 13.1. The number of halogens is 1. The maximum absolute atomic E-state index is 5.44. The first kappa shape index (κ1) is 21.3. The van der Waals surface area contributed by atoms with Gasteiger partial charge in [0.25, 0.3) is 0 Å². The number of fused-ring (bicyclic) bond motifs is 2. The second kappa shape index (κ2) is 8.64. The number of aromatic nitrogens is 2. The smallest absolute Gasteiger partial charge is 0.153 e. The lowest BCUT2D eigenvalue weighted by Crippen LogP contribution is -2.31. The van der Waals surface area contributed by atoms with Crippen LogP contribution in [0, 0.1) is 13.8 Å². The number of hydrogen-bond donors (Lipinski definition) is 0. The number of nitrogens with zero attached hydrogens (tertiary/aromatic N) is 3. The van der Waals surface area contributed by atoms with Gasteiger partial charge in [0, 0.05) is 36.9 Å². The van der Waals surface area contributed by atoms with Crippen molar-refractivity contribution in [2.75, 3.05) is 18.6 Å². The van der Waals surface area contributed by atoms with Gasteiger partial charge in [-0.15, -0.1) is 12.4 Å². The Balaban J connectivity index is 0.00000231. The fraction of sp³-hybridized carbons (Fsp3) is 0.269. The maximum atomic E-state index is 5.44. The first-order valence-electron chi connectivity index (χ1n) is 10.5. The lowest BCUT2D eigenvalue weighted by molar-refractivity contribution is 0.414. The summed E-state index contributed by atoms with van der Waals surface area (Å²) < 4.78 is 7.86. The Morgan fingerprint density at radius 1 is 1.00 bits per heavy atom. The van der Waals surface area contributed by atoms with Gasteiger partial charge in [-0.2, -0.15) is 0 Å². The van der Waals surface area contributed by atoms with Crippen LogP contribution < -0.4 is 9.64 Å². The van der Waals surface area contributed by atoms with Gasteiger partial charge in [-0.3, -0.25) is 0 Å². The van der Waals surface area contributed by atoms with E-state index in [1.807, 2.05) is 12.3 Å². The monoisotopic (exact) mass is 433 g/mol. The van der Waals surface area contributed by atoms with Crippen LogP contribution in [0.2, 0.25) is 0 Å². The van der Waals surface area contributed by atoms with Crippen LogP contribution in [0.15, 0.2) is 60.8 Å². The predicted molar refractivity (Wildman–Crippen MR) is 130 cm³/mol. The Kier molecular flexibility index (Phi) is 5.92. The van der Waals surface area contributed by atoms with E-state index >= 15 is 0 Å². The summed E-state index contributed by atoms with van der Waals surface area (Å²) in [5.41, 5.74) is 7.94. The molecular formula is C26H28ClN3O. The van der Waals surface area contributed by atoms with Gasteiger partial charge in [0.15, 0.2) is 5.82 Å². The van der Waals surface area contributed by atoms with Crippen molar-refractivity contribution in [1.82, 2.24) is 9.55 Å². The third kappa shape index (κ3) is 3.77. The van der Waals surface area contributed by atoms with E-state index < -0.39 is 0 Å². The highest BCUT2D eigenvalue weighted by atomic mass is 35.5. The van der Waals surface area contributed by atoms with Crippen molar-refractivity contribution in [3.63, 3.8) is 0 Å². The molecule has 0 amide bonds. The topological polar surface area (TPSA) is 30.3 Å². The van der Waals surface area contributed by atoms with Crippen LogP contribution in [0.3, 0.4) is 0 Å². The van der Waals surface area contributed by atoms with E-state index in [-0.39, 0.29) is 12.4 Å². The first-order valence-corrected chi connectivity index (χ1v) is 10.5. The van der Waals surface area contributed by atoms with E-state index in [1.54, 1.807) is 7.11 Å². The molecule has 0 saturated heterocycles. The number of rotatable bonds is 4. The lowest BCUT2D eigenvalue weighted by atomic mass is 10.00. The molecular weight excluding hydrogens is 406 g/mol. The van der Waals surface area contributed by atoms with E-state index in [0.717, 1.165) is 37.6 Å². The number of anilines is 1. The summed E-state index contributed by atoms with van der Waals surface area (Å²) in [6.45, 7) is 7.13. The summed E-state index contributed by atoms with van der Waals surface area (Å²) in [5.74, 6) is 1.98. The fourth-order valence-electron chi connectivity index (χ4n) is 4.64. The van der Waals surface area contributed by atoms with Gasteiger partial charge in [-0.05, 0) is 60.7 Å². The standard InChI is InChI=1S/C26H27N3O.ClH/c1-18-19(2)29(16-20-7-6-10-23(15-20)30-3)25-24(18)11-13-27-26(25)28-14-12-21-8-4-5-9-22(21)17-28;/h4-11,13,15H,12,14,16-17H2,1-3H3;1H. The molecule has 0 aliphatic carbocycles. The molecule has 31 heavy (non-hydrogen) atoms. The van der Waals surface area contributed by atoms with Crippen LogP contribution in [0.1, 0.15) is 27.9 Å². The summed E-state index contributed by atoms with van der Waals surface area (Å²) in [4.78, 5) is 7.31. The quantitative estimate of drug-likeness (QED) is 0.414. The van der Waals surface area contributed by atoms with Gasteiger partial charge in [0.2, 0.25) is 0 Å². The minimum Gasteiger partial charge on any atom is -0.497 e. The van der Waals surface area contributed by atoms with Crippen LogP contribution in [0.25, 0.3) is 10.9 Å². The third-order valence-corrected chi connectivity index (χ3v) is 6.43. The lowest BCUT2D eigenvalue weighted by Gasteiger charge is -2.30. The van der Waals surface area contributed by atoms with E-state index in [4.69, 9.17) is 9.72 Å². The number of methoxy groups -OCH3 is 1. The Hall–Kier alpha value is -2.98. The molecule has 0 unspecified atom stereocenters. The largest absolute Gasteiger partial charge is 0.497 e. The second-order valence-electron chi connectivity index (χ2n) is 8.12. The molecule has 0 spiro atoms. The van der Waals surface area contributed by atoms with E-state index in [0.29, 0.717) is 0 Å². The van der Waals surface area contributed by atoms with Crippen molar-refractivity contribution in [2.45, 2.75) is 33.4 Å². The summed E-state index contributed by atoms with van der Waals surface area (Å²) in [6.07, 6.45) is 3.02. The van der Waals surface area contributed by atoms with Crippen molar-refractivity contribution in [1.29, 1.82) is 0 Å². The molecule has 4 nitrogen and oxygen atoms in total. The van der Waals surface area contributed by atoms with E-state index in [2.05, 4.69) is 71.8 Å². The zero-order valence-corrected chi connectivity index (χ0v) is 19.1. The summed E-state index contributed by atoms with van der Waals surface area (Å²) in [7, 11) is 1.72. The molecule has 1 aliphatic heterocycles. The van der Waals surface area contributed by atoms with Crippen molar-refractivity contribution in [2.24, 2.45) is 0 Å². The Morgan fingerprint density at radius 2 is 1.81 bits per heavy atom. The fourth-order valence-corrected chi connectivity index (χ4v) is 4.64. The van der Waals surface area contributed by atoms with Crippen LogP contribution in [0.5, 0.6) is 5.75 Å². The minimum atomic E-state index is 0. The number of ether oxygens (including phenoxy) is 1. The summed E-state index contributed by atoms with van der Waals surface area (Å²) in [6, 6.07) is 19.3. The minimum absolute atomic E-state index is 0. The average Bonchev–Trinajstić information content (AvgIpc) is 3.04. The number of benzene rings is 2. The molecule has 1 aliphatic rings. The highest BCUT2D eigenvalue weighted by Crippen LogP contribution is 2.34. The van der Waals surface area contributed by atoms with E-state index in [1.165, 1.54) is 38.9 Å². The number of hydrogen-bond acceptors (Lipinski definition) is 3. The molecule has 160 valence electrons. The van der Waals surface area contributed by atoms with Gasteiger partial charge >= 0.3 is 0 Å². The highest BCUT2D eigenvalue weighted by molar-refractivity contribution is 5.93. The summed E-state index contributed by atoms with van der Waals surface area (Å²) in [5, 5.41) is 1.29. The SMILES string of the molecule is COc1cccc(Cn2c(C)c(C)c3ccnc(N4CCc5ccccc5C4)c32)c1.Cl. The molecule has 2 aromatic carbocycles. The van der Waals surface area contributed by atoms with Crippen molar-refractivity contribution < 1.29 is 4.74 Å². The second-order valence-corrected chi connectivity index (χ2v) is 8.12. The third-order valence-electron chi connectivity index (χ3n) is 6.43. The number of aryl methyl sites for hydroxylation is 1. The molecule has 3 heterocycles. The highest BCUT2D eigenvalue weighted by Gasteiger charge is 2.22. The first-order chi connectivity index (χ1) is 14.7. The summed E-state index contributed by atoms with van der Waals surface area (Å²) >= 11 is 0. The zero-order valence-electron chi connectivity index (χ0n) is 18.3. The average molecular weight is 434 g/mol. The molecule has 5 rings (SSSR count). The van der Waals surface area contributed by atoms with Crippen LogP contribution >= 0.6 is 12.4 Å². The van der Waals surface area contributed by atoms with Crippen molar-refractivity contribution in [3.8, 4) is 5.75 Å². The van der Waals surface area contributed by atoms with Gasteiger partial charge in [0.1, 0.15) is 5.75 Å². The van der Waals surface area contributed by atoms with Gasteiger partial charge in [0.05, 0.1) is 12.6 Å². The molecule has 4 aromatic rings. The maximum Gasteiger partial charge on any atom is 0.153 e. The van der Waals surface area contributed by atoms with Crippen LogP contribution in [0.4, 0.5) is 5.82 Å². The molecule has 0 bridgehead atoms. The predicted octanol–water partition coefficient (Wildman–Crippen LogP) is 5.69. The molecule has 0 atom stereocenters. The van der Waals surface area contributed by atoms with Crippen molar-refractivity contribution in [3.05, 3.63) is 88.7 Å². The molecule has 5 heteroatoms. The van der Waals surface area contributed by atoms with Gasteiger partial charge < -0.3 is 14.2 Å². The number of pyridine rings is 1. The Bertz CT molecular complexity index is 1230. The van der Waals surface area contributed by atoms with Crippen molar-refractivity contribution >= 4 is 29.1 Å². The Labute approximate surface area is 189 Å². The molecule has 0 saturated carbocycles. The molecule has 0 radical (unpaired) electrons. The molecule has 0 N–H and O–H groups in total. The van der Waals surface area contributed by atoms with Gasteiger partial charge in [-0.1, -0.05) is 36.4 Å². The van der Waals surface area contributed by atoms with Gasteiger partial charge in [-0.25, -0.2) is 4.98 Å². The molecule has 0 fully saturated rings. The van der Waals surface area contributed by atoms with Crippen LogP contribution in [-0.4, -0.2) is 23.2 Å². The Morgan fingerprint density at radius 3 is 2.61 bits per heavy atom. The zero-order chi connectivity index (χ0) is 20.7. The van der Waals surface area contributed by atoms with E-state index in [9.17, 15) is 0 Å². The van der Waals surface area contributed by atoms with Crippen LogP contribution in [-0.2, 0) is 19.5 Å². The molecule has 2 aromatic heterocycles.